The Bertz CT molecular complexity index is 1610. The summed E-state index contributed by atoms with van der Waals surface area (Å²) >= 11 is 4.70. The highest BCUT2D eigenvalue weighted by Crippen LogP contribution is 2.42. The van der Waals surface area contributed by atoms with E-state index in [1.807, 2.05) is 0 Å². The van der Waals surface area contributed by atoms with Crippen molar-refractivity contribution in [3.05, 3.63) is 46.7 Å². The van der Waals surface area contributed by atoms with Gasteiger partial charge in [-0.3, -0.25) is 33.8 Å². The molecule has 0 radical (unpaired) electrons. The van der Waals surface area contributed by atoms with E-state index in [1.54, 1.807) is 12.1 Å². The van der Waals surface area contributed by atoms with Crippen LogP contribution in [0.3, 0.4) is 0 Å². The number of imide groups is 1. The number of nitrogens with one attached hydrogen (secondary N) is 1. The molecule has 0 bridgehead atoms. The number of hydrogen-bond donors (Lipinski definition) is 4. The molecule has 0 saturated carbocycles. The highest BCUT2D eigenvalue weighted by Gasteiger charge is 2.54. The summed E-state index contributed by atoms with van der Waals surface area (Å²) in [6, 6.07) is 3.56. The molecule has 4 N–H and O–H groups in total. The van der Waals surface area contributed by atoms with E-state index in [-0.39, 0.29) is 53.3 Å². The molecule has 1 saturated heterocycles. The third kappa shape index (κ3) is 6.70. The maximum atomic E-state index is 13.0. The lowest BCUT2D eigenvalue weighted by Gasteiger charge is -2.49. The molecule has 45 heavy (non-hydrogen) atoms. The van der Waals surface area contributed by atoms with E-state index in [4.69, 9.17) is 5.11 Å². The van der Waals surface area contributed by atoms with Crippen LogP contribution in [0.1, 0.15) is 40.0 Å². The van der Waals surface area contributed by atoms with E-state index in [9.17, 15) is 43.8 Å². The van der Waals surface area contributed by atoms with Crippen LogP contribution in [0.4, 0.5) is 0 Å². The van der Waals surface area contributed by atoms with Gasteiger partial charge >= 0.3 is 17.9 Å². The van der Waals surface area contributed by atoms with E-state index in [2.05, 4.69) is 15.5 Å². The third-order valence-corrected chi connectivity index (χ3v) is 11.5. The molecule has 1 fully saturated rings. The van der Waals surface area contributed by atoms with Crippen LogP contribution in [0.2, 0.25) is 0 Å². The number of β-lactam (4-membered cyclic amide) rings is 1. The Hall–Kier alpha value is -3.94. The lowest BCUT2D eigenvalue weighted by atomic mass is 10.0. The summed E-state index contributed by atoms with van der Waals surface area (Å²) in [5, 5.41) is 38.3. The average Bonchev–Trinajstić information content (AvgIpc) is 3.57. The minimum Gasteiger partial charge on any atom is -0.481 e. The zero-order valence-corrected chi connectivity index (χ0v) is 26.2. The lowest BCUT2D eigenvalue weighted by molar-refractivity contribution is -0.150. The monoisotopic (exact) mass is 693 g/mol. The Balaban J connectivity index is 1.15. The van der Waals surface area contributed by atoms with E-state index in [0.717, 1.165) is 16.7 Å². The molecular formula is C26H23N5O10S4. The van der Waals surface area contributed by atoms with Crippen molar-refractivity contribution < 1.29 is 48.9 Å². The minimum atomic E-state index is -1.48. The molecule has 4 heterocycles. The van der Waals surface area contributed by atoms with Gasteiger partial charge in [-0.05, 0) is 30.5 Å². The first-order chi connectivity index (χ1) is 21.5. The normalized spacial score (nSPS) is 19.6. The number of benzene rings is 1. The molecule has 5 rings (SSSR count). The molecule has 0 unspecified atom stereocenters. The fraction of sp³-hybridized carbons (Fsp3) is 0.346. The van der Waals surface area contributed by atoms with Gasteiger partial charge in [-0.2, -0.15) is 0 Å². The predicted molar refractivity (Wildman–Crippen MR) is 161 cm³/mol. The number of aliphatic carboxylic acids is 3. The fourth-order valence-electron chi connectivity index (χ4n) is 4.94. The molecule has 3 aliphatic rings. The second-order valence-corrected chi connectivity index (χ2v) is 14.3. The Labute approximate surface area is 270 Å². The number of fused-ring (bicyclic) bond motifs is 2. The first-order valence-corrected chi connectivity index (χ1v) is 17.0. The summed E-state index contributed by atoms with van der Waals surface area (Å²) in [6.07, 6.45) is -0.368. The van der Waals surface area contributed by atoms with Crippen LogP contribution in [0.15, 0.2) is 44.2 Å². The first kappa shape index (κ1) is 32.5. The number of hydrogen-bond acceptors (Lipinski definition) is 13. The maximum absolute atomic E-state index is 13.0. The average molecular weight is 694 g/mol. The fourth-order valence-corrected chi connectivity index (χ4v) is 9.16. The number of amides is 4. The first-order valence-electron chi connectivity index (χ1n) is 13.2. The number of aromatic nitrogens is 2. The Kier molecular flexibility index (Phi) is 9.80. The molecule has 1 aromatic heterocycles. The van der Waals surface area contributed by atoms with Crippen LogP contribution in [0, 0.1) is 0 Å². The molecule has 4 amide bonds. The van der Waals surface area contributed by atoms with Gasteiger partial charge in [-0.25, -0.2) is 9.59 Å². The maximum Gasteiger partial charge on any atom is 0.352 e. The van der Waals surface area contributed by atoms with Gasteiger partial charge in [-0.15, -0.1) is 22.0 Å². The van der Waals surface area contributed by atoms with Gasteiger partial charge in [0.2, 0.25) is 5.91 Å². The Morgan fingerprint density at radius 3 is 2.24 bits per heavy atom. The molecule has 236 valence electrons. The van der Waals surface area contributed by atoms with Crippen molar-refractivity contribution in [2.24, 2.45) is 0 Å². The van der Waals surface area contributed by atoms with Crippen molar-refractivity contribution in [1.82, 2.24) is 25.3 Å². The van der Waals surface area contributed by atoms with Crippen molar-refractivity contribution in [2.75, 3.05) is 17.3 Å². The van der Waals surface area contributed by atoms with Gasteiger partial charge in [-0.1, -0.05) is 47.0 Å². The SMILES string of the molecule is O=C(O)CSc1nnc(SCC2=C(C(=O)O)N3C(=O)[C@@H](NC(=O)CCC[C@H](C(=O)O)N4C(=O)c5ccccc5C4=O)[C@H]3SC2)s1. The number of carbonyl (C=O) groups is 7. The van der Waals surface area contributed by atoms with Crippen molar-refractivity contribution in [3.63, 3.8) is 0 Å². The van der Waals surface area contributed by atoms with Gasteiger partial charge in [0.25, 0.3) is 17.7 Å². The molecule has 2 aromatic rings. The summed E-state index contributed by atoms with van der Waals surface area (Å²) < 4.78 is 0.976. The van der Waals surface area contributed by atoms with Crippen LogP contribution in [0.5, 0.6) is 0 Å². The smallest absolute Gasteiger partial charge is 0.352 e. The van der Waals surface area contributed by atoms with Gasteiger partial charge in [0.05, 0.1) is 16.9 Å². The lowest BCUT2D eigenvalue weighted by Crippen LogP contribution is -2.70. The molecule has 0 aliphatic carbocycles. The number of nitrogens with zero attached hydrogens (tertiary/aromatic N) is 4. The number of carbonyl (C=O) groups excluding carboxylic acids is 4. The largest absolute Gasteiger partial charge is 0.481 e. The van der Waals surface area contributed by atoms with Gasteiger partial charge in [0.1, 0.15) is 23.2 Å². The summed E-state index contributed by atoms with van der Waals surface area (Å²) in [5.74, 6) is -5.96. The van der Waals surface area contributed by atoms with E-state index in [0.29, 0.717) is 19.2 Å². The molecule has 3 aliphatic heterocycles. The number of carboxylic acids is 3. The molecule has 1 aromatic carbocycles. The summed E-state index contributed by atoms with van der Waals surface area (Å²) in [4.78, 5) is 87.8. The molecule has 3 atom stereocenters. The van der Waals surface area contributed by atoms with Crippen molar-refractivity contribution >= 4 is 88.2 Å². The number of carboxylic acid groups (broad SMARTS) is 3. The Morgan fingerprint density at radius 1 is 1.00 bits per heavy atom. The molecular weight excluding hydrogens is 671 g/mol. The second-order valence-electron chi connectivity index (χ2n) is 9.79. The predicted octanol–water partition coefficient (Wildman–Crippen LogP) is 1.47. The highest BCUT2D eigenvalue weighted by atomic mass is 32.2. The van der Waals surface area contributed by atoms with Crippen LogP contribution in [-0.2, 0) is 24.0 Å². The Morgan fingerprint density at radius 2 is 1.64 bits per heavy atom. The van der Waals surface area contributed by atoms with Gasteiger partial charge in [0.15, 0.2) is 8.68 Å². The van der Waals surface area contributed by atoms with Crippen LogP contribution in [0.25, 0.3) is 0 Å². The van der Waals surface area contributed by atoms with Crippen LogP contribution < -0.4 is 5.32 Å². The zero-order chi connectivity index (χ0) is 32.4. The summed E-state index contributed by atoms with van der Waals surface area (Å²) in [6.45, 7) is 0. The molecule has 0 spiro atoms. The zero-order valence-electron chi connectivity index (χ0n) is 22.9. The van der Waals surface area contributed by atoms with Crippen LogP contribution in [-0.4, -0.2) is 112 Å². The standard InChI is InChI=1S/C26H23N5O10S4/c32-15(7-3-6-14(23(38)39)30-19(35)12-4-1-2-5-13(12)20(30)36)27-17-21(37)31-18(24(40)41)11(8-42-22(17)31)9-43-25-28-29-26(45-25)44-10-16(33)34/h1-2,4-5,14,17,22H,3,6-10H2,(H,27,32)(H,33,34)(H,38,39)(H,40,41)/t14-,17-,22-/m1/s1. The second kappa shape index (κ2) is 13.6. The van der Waals surface area contributed by atoms with Gasteiger partial charge < -0.3 is 20.6 Å². The minimum absolute atomic E-state index is 0.00241. The number of thioether (sulfide) groups is 3. The van der Waals surface area contributed by atoms with Gasteiger partial charge in [0, 0.05) is 17.9 Å². The summed E-state index contributed by atoms with van der Waals surface area (Å²) in [7, 11) is 0. The quantitative estimate of drug-likeness (QED) is 0.125. The van der Waals surface area contributed by atoms with Crippen molar-refractivity contribution in [1.29, 1.82) is 0 Å². The summed E-state index contributed by atoms with van der Waals surface area (Å²) in [5.41, 5.74) is 0.539. The van der Waals surface area contributed by atoms with E-state index >= 15 is 0 Å². The van der Waals surface area contributed by atoms with Crippen molar-refractivity contribution in [2.45, 2.75) is 45.4 Å². The topological polar surface area (TPSA) is 224 Å². The third-order valence-electron chi connectivity index (χ3n) is 6.95. The van der Waals surface area contributed by atoms with E-state index in [1.165, 1.54) is 47.0 Å². The van der Waals surface area contributed by atoms with E-state index < -0.39 is 59.0 Å². The van der Waals surface area contributed by atoms with Crippen molar-refractivity contribution in [3.8, 4) is 0 Å². The van der Waals surface area contributed by atoms with Crippen LogP contribution >= 0.6 is 46.6 Å². The highest BCUT2D eigenvalue weighted by molar-refractivity contribution is 8.03. The number of rotatable bonds is 14. The molecule has 15 nitrogen and oxygen atoms in total. The molecule has 19 heteroatoms.